The summed E-state index contributed by atoms with van der Waals surface area (Å²) >= 11 is 1.07. The molecule has 26 heavy (non-hydrogen) atoms. The van der Waals surface area contributed by atoms with Crippen LogP contribution in [0.3, 0.4) is 0 Å². The fourth-order valence-electron chi connectivity index (χ4n) is 4.44. The third-order valence-electron chi connectivity index (χ3n) is 5.65. The van der Waals surface area contributed by atoms with E-state index in [4.69, 9.17) is 0 Å². The summed E-state index contributed by atoms with van der Waals surface area (Å²) in [6, 6.07) is 24.8. The molecule has 5 rings (SSSR count). The van der Waals surface area contributed by atoms with Gasteiger partial charge >= 0.3 is 172 Å². The van der Waals surface area contributed by atoms with Crippen molar-refractivity contribution in [3.8, 4) is 0 Å². The molecular weight excluding hydrogens is 507 g/mol. The van der Waals surface area contributed by atoms with Gasteiger partial charge < -0.3 is 0 Å². The number of allylic oxidation sites excluding steroid dienone is 2. The van der Waals surface area contributed by atoms with Crippen molar-refractivity contribution >= 4 is 34.5 Å². The van der Waals surface area contributed by atoms with Crippen molar-refractivity contribution < 1.29 is 0 Å². The zero-order valence-electron chi connectivity index (χ0n) is 15.0. The van der Waals surface area contributed by atoms with Crippen LogP contribution in [0.4, 0.5) is 0 Å². The van der Waals surface area contributed by atoms with Crippen LogP contribution >= 0.6 is 0 Å². The van der Waals surface area contributed by atoms with E-state index in [0.717, 1.165) is 25.8 Å². The molecule has 1 unspecified atom stereocenters. The summed E-state index contributed by atoms with van der Waals surface area (Å²) in [6.07, 6.45) is 5.03. The van der Waals surface area contributed by atoms with Crippen molar-refractivity contribution in [2.45, 2.75) is 19.3 Å². The molecule has 0 bridgehead atoms. The molecule has 1 spiro atoms. The van der Waals surface area contributed by atoms with Crippen molar-refractivity contribution in [1.29, 1.82) is 0 Å². The number of fused-ring (bicyclic) bond motifs is 4. The predicted molar refractivity (Wildman–Crippen MR) is 110 cm³/mol. The Kier molecular flexibility index (Phi) is 3.61. The van der Waals surface area contributed by atoms with Gasteiger partial charge in [-0.1, -0.05) is 0 Å². The van der Waals surface area contributed by atoms with E-state index in [-0.39, 0.29) is 5.41 Å². The maximum absolute atomic E-state index is 2.52. The normalized spacial score (nSPS) is 20.0. The quantitative estimate of drug-likeness (QED) is 0.365. The van der Waals surface area contributed by atoms with Crippen LogP contribution in [0.2, 0.25) is 0 Å². The van der Waals surface area contributed by atoms with Crippen molar-refractivity contribution in [2.24, 2.45) is 0 Å². The Labute approximate surface area is 171 Å². The first-order valence-electron chi connectivity index (χ1n) is 9.04. The Hall–Kier alpha value is -1.94. The van der Waals surface area contributed by atoms with Gasteiger partial charge in [0.25, 0.3) is 0 Å². The minimum absolute atomic E-state index is 0.105. The second-order valence-corrected chi connectivity index (χ2v) is 9.54. The van der Waals surface area contributed by atoms with E-state index in [9.17, 15) is 0 Å². The van der Waals surface area contributed by atoms with Crippen molar-refractivity contribution in [3.05, 3.63) is 118 Å². The van der Waals surface area contributed by atoms with Crippen LogP contribution < -0.4 is 0 Å². The van der Waals surface area contributed by atoms with Gasteiger partial charge in [-0.15, -0.1) is 0 Å². The summed E-state index contributed by atoms with van der Waals surface area (Å²) in [5, 5.41) is 0. The molecule has 3 aromatic rings. The van der Waals surface area contributed by atoms with Crippen molar-refractivity contribution in [1.82, 2.24) is 0 Å². The number of hydrogen-bond donors (Lipinski definition) is 0. The first-order chi connectivity index (χ1) is 12.6. The van der Waals surface area contributed by atoms with Gasteiger partial charge in [0.05, 0.1) is 0 Å². The van der Waals surface area contributed by atoms with E-state index in [0.29, 0.717) is 0 Å². The monoisotopic (exact) mass is 527 g/mol. The molecule has 1 atom stereocenters. The molecule has 0 amide bonds. The molecule has 1 heteroatoms. The van der Waals surface area contributed by atoms with Crippen LogP contribution in [-0.4, -0.2) is 25.8 Å². The Morgan fingerprint density at radius 2 is 1.42 bits per heavy atom. The summed E-state index contributed by atoms with van der Waals surface area (Å²) in [6.45, 7) is 4.39. The van der Waals surface area contributed by atoms with E-state index in [1.165, 1.54) is 47.6 Å². The molecule has 123 valence electrons. The van der Waals surface area contributed by atoms with Gasteiger partial charge in [-0.25, -0.2) is 0 Å². The predicted octanol–water partition coefficient (Wildman–Crippen LogP) is 5.56. The second-order valence-electron chi connectivity index (χ2n) is 7.45. The number of hydrogen-bond acceptors (Lipinski definition) is 0. The maximum atomic E-state index is 2.52. The molecule has 0 saturated carbocycles. The van der Waals surface area contributed by atoms with E-state index < -0.39 is 0 Å². The number of rotatable bonds is 1. The van der Waals surface area contributed by atoms with Gasteiger partial charge in [-0.05, 0) is 0 Å². The van der Waals surface area contributed by atoms with E-state index in [1.54, 1.807) is 0 Å². The first kappa shape index (κ1) is 16.3. The Balaban J connectivity index is 1.85. The first-order valence-corrected chi connectivity index (χ1v) is 11.0. The van der Waals surface area contributed by atoms with Crippen LogP contribution in [0.15, 0.2) is 78.9 Å². The zero-order valence-corrected chi connectivity index (χ0v) is 18.9. The van der Waals surface area contributed by atoms with Gasteiger partial charge in [-0.3, -0.25) is 0 Å². The molecular formula is C25H19Pb. The summed E-state index contributed by atoms with van der Waals surface area (Å²) in [7, 11) is 0. The topological polar surface area (TPSA) is 0 Å². The number of aryl methyl sites for hydroxylation is 2. The molecule has 0 aromatic heterocycles. The van der Waals surface area contributed by atoms with E-state index in [2.05, 4.69) is 92.7 Å². The van der Waals surface area contributed by atoms with Gasteiger partial charge in [0.1, 0.15) is 0 Å². The van der Waals surface area contributed by atoms with Crippen molar-refractivity contribution in [2.75, 3.05) is 0 Å². The third kappa shape index (κ3) is 2.24. The van der Waals surface area contributed by atoms with Crippen LogP contribution in [0, 0.1) is 13.8 Å². The fourth-order valence-corrected chi connectivity index (χ4v) is 6.17. The molecule has 2 aliphatic carbocycles. The van der Waals surface area contributed by atoms with Crippen LogP contribution in [-0.2, 0) is 5.41 Å². The SMILES string of the molecule is Cc1ccc2c(c1)C(c1ccccc1)=CC21C=[C]([Pb])c2ccc(C)cc21. The molecule has 2 aliphatic rings. The van der Waals surface area contributed by atoms with E-state index in [1.807, 2.05) is 0 Å². The Morgan fingerprint density at radius 3 is 2.23 bits per heavy atom. The standard InChI is InChI=1S/C25H19.Pb/c1-17-9-11-23-21(14-17)22(19-6-4-3-5-7-19)16-25(23)13-12-20-10-8-18(2)15-24(20)25;/h3-11,13-16H,1-2H3;. The average molecular weight is 527 g/mol. The molecule has 3 aromatic carbocycles. The van der Waals surface area contributed by atoms with Gasteiger partial charge in [0.15, 0.2) is 0 Å². The van der Waals surface area contributed by atoms with E-state index >= 15 is 0 Å². The average Bonchev–Trinajstić information content (AvgIpc) is 3.11. The third-order valence-corrected chi connectivity index (χ3v) is 7.26. The molecule has 0 N–H and O–H groups in total. The van der Waals surface area contributed by atoms with Gasteiger partial charge in [-0.2, -0.15) is 0 Å². The molecule has 0 fully saturated rings. The van der Waals surface area contributed by atoms with Crippen LogP contribution in [0.1, 0.15) is 38.9 Å². The summed E-state index contributed by atoms with van der Waals surface area (Å²) in [5.41, 5.74) is 10.9. The molecule has 0 heterocycles. The summed E-state index contributed by atoms with van der Waals surface area (Å²) in [5.74, 6) is 0. The Morgan fingerprint density at radius 1 is 0.692 bits per heavy atom. The molecule has 0 aliphatic heterocycles. The molecule has 0 saturated heterocycles. The second kappa shape index (κ2) is 5.78. The fraction of sp³-hybridized carbons (Fsp3) is 0.120. The molecule has 3 radical (unpaired) electrons. The van der Waals surface area contributed by atoms with Gasteiger partial charge in [0, 0.05) is 0 Å². The van der Waals surface area contributed by atoms with Crippen molar-refractivity contribution in [3.63, 3.8) is 0 Å². The zero-order chi connectivity index (χ0) is 17.9. The summed E-state index contributed by atoms with van der Waals surface area (Å²) < 4.78 is 1.51. The minimum atomic E-state index is -0.105. The number of benzene rings is 3. The van der Waals surface area contributed by atoms with Crippen LogP contribution in [0.25, 0.3) is 8.71 Å². The van der Waals surface area contributed by atoms with Crippen LogP contribution in [0.5, 0.6) is 0 Å². The molecule has 0 nitrogen and oxygen atoms in total. The Bertz CT molecular complexity index is 1100. The van der Waals surface area contributed by atoms with Gasteiger partial charge in [0.2, 0.25) is 0 Å². The summed E-state index contributed by atoms with van der Waals surface area (Å²) in [4.78, 5) is 0.